The summed E-state index contributed by atoms with van der Waals surface area (Å²) in [5.74, 6) is -0.705. The molecule has 0 aromatic heterocycles. The van der Waals surface area contributed by atoms with Gasteiger partial charge in [0.05, 0.1) is 12.2 Å². The van der Waals surface area contributed by atoms with Crippen LogP contribution in [0.2, 0.25) is 0 Å². The maximum Gasteiger partial charge on any atom is 0.338 e. The third kappa shape index (κ3) is 4.13. The first-order chi connectivity index (χ1) is 13.0. The second kappa shape index (κ2) is 8.08. The summed E-state index contributed by atoms with van der Waals surface area (Å²) in [7, 11) is 0. The van der Waals surface area contributed by atoms with Gasteiger partial charge in [-0.2, -0.15) is 0 Å². The summed E-state index contributed by atoms with van der Waals surface area (Å²) in [5, 5.41) is 2.83. The topological polar surface area (TPSA) is 78.9 Å². The number of nitrogens with one attached hydrogen (secondary N) is 1. The molecule has 0 spiro atoms. The van der Waals surface area contributed by atoms with E-state index in [1.807, 2.05) is 4.90 Å². The molecule has 0 unspecified atom stereocenters. The zero-order valence-electron chi connectivity index (χ0n) is 16.0. The van der Waals surface area contributed by atoms with Gasteiger partial charge >= 0.3 is 5.97 Å². The number of rotatable bonds is 6. The van der Waals surface area contributed by atoms with Gasteiger partial charge in [0.1, 0.15) is 5.41 Å². The van der Waals surface area contributed by atoms with Crippen molar-refractivity contribution in [3.63, 3.8) is 0 Å². The number of esters is 1. The molecule has 1 aliphatic heterocycles. The highest BCUT2D eigenvalue weighted by atomic mass is 16.5. The second-order valence-electron chi connectivity index (χ2n) is 7.06. The van der Waals surface area contributed by atoms with E-state index >= 15 is 0 Å². The van der Waals surface area contributed by atoms with E-state index in [9.17, 15) is 14.4 Å². The molecule has 7 heteroatoms. The summed E-state index contributed by atoms with van der Waals surface area (Å²) < 4.78 is 4.95. The average Bonchev–Trinajstić information content (AvgIpc) is 3.50. The molecule has 2 aliphatic rings. The van der Waals surface area contributed by atoms with Crippen molar-refractivity contribution in [2.24, 2.45) is 5.41 Å². The van der Waals surface area contributed by atoms with Crippen LogP contribution in [-0.4, -0.2) is 66.9 Å². The Morgan fingerprint density at radius 2 is 1.67 bits per heavy atom. The highest BCUT2D eigenvalue weighted by molar-refractivity contribution is 6.13. The largest absolute Gasteiger partial charge is 0.462 e. The maximum absolute atomic E-state index is 12.9. The Morgan fingerprint density at radius 3 is 2.19 bits per heavy atom. The molecule has 2 amide bonds. The van der Waals surface area contributed by atoms with E-state index < -0.39 is 11.4 Å². The molecule has 3 rings (SSSR count). The third-order valence-electron chi connectivity index (χ3n) is 5.35. The summed E-state index contributed by atoms with van der Waals surface area (Å²) in [4.78, 5) is 41.5. The van der Waals surface area contributed by atoms with Gasteiger partial charge in [-0.3, -0.25) is 9.59 Å². The first kappa shape index (κ1) is 19.4. The monoisotopic (exact) mass is 373 g/mol. The van der Waals surface area contributed by atoms with Gasteiger partial charge in [-0.05, 0) is 50.6 Å². The SMILES string of the molecule is CCOC(=O)c1ccc(NC(=O)C2(C(=O)N3CCN(CC)CC3)CC2)cc1. The van der Waals surface area contributed by atoms with Crippen LogP contribution in [-0.2, 0) is 14.3 Å². The molecule has 0 bridgehead atoms. The number of carbonyl (C=O) groups excluding carboxylic acids is 3. The van der Waals surface area contributed by atoms with E-state index in [-0.39, 0.29) is 11.8 Å². The van der Waals surface area contributed by atoms with Crippen LogP contribution in [0.4, 0.5) is 5.69 Å². The predicted octanol–water partition coefficient (Wildman–Crippen LogP) is 1.75. The van der Waals surface area contributed by atoms with Crippen LogP contribution >= 0.6 is 0 Å². The molecular weight excluding hydrogens is 346 g/mol. The quantitative estimate of drug-likeness (QED) is 0.607. The normalized spacial score (nSPS) is 18.7. The van der Waals surface area contributed by atoms with Crippen LogP contribution < -0.4 is 5.32 Å². The van der Waals surface area contributed by atoms with E-state index in [0.29, 0.717) is 43.8 Å². The van der Waals surface area contributed by atoms with Crippen molar-refractivity contribution in [1.82, 2.24) is 9.80 Å². The van der Waals surface area contributed by atoms with Gasteiger partial charge in [0.25, 0.3) is 0 Å². The smallest absolute Gasteiger partial charge is 0.338 e. The third-order valence-corrected chi connectivity index (χ3v) is 5.35. The minimum absolute atomic E-state index is 0.0566. The van der Waals surface area contributed by atoms with Crippen LogP contribution in [0.3, 0.4) is 0 Å². The van der Waals surface area contributed by atoms with Crippen LogP contribution in [0, 0.1) is 5.41 Å². The lowest BCUT2D eigenvalue weighted by Crippen LogP contribution is -2.52. The molecule has 1 aliphatic carbocycles. The van der Waals surface area contributed by atoms with Crippen LogP contribution in [0.5, 0.6) is 0 Å². The van der Waals surface area contributed by atoms with E-state index in [2.05, 4.69) is 17.1 Å². The highest BCUT2D eigenvalue weighted by Gasteiger charge is 2.58. The van der Waals surface area contributed by atoms with Crippen LogP contribution in [0.25, 0.3) is 0 Å². The van der Waals surface area contributed by atoms with E-state index in [0.717, 1.165) is 19.6 Å². The van der Waals surface area contributed by atoms with Gasteiger partial charge in [-0.25, -0.2) is 4.79 Å². The maximum atomic E-state index is 12.9. The van der Waals surface area contributed by atoms with Crippen LogP contribution in [0.15, 0.2) is 24.3 Å². The number of carbonyl (C=O) groups is 3. The molecule has 0 radical (unpaired) electrons. The highest BCUT2D eigenvalue weighted by Crippen LogP contribution is 2.48. The molecule has 146 valence electrons. The summed E-state index contributed by atoms with van der Waals surface area (Å²) in [6.07, 6.45) is 1.18. The van der Waals surface area contributed by atoms with Gasteiger partial charge in [-0.15, -0.1) is 0 Å². The Morgan fingerprint density at radius 1 is 1.04 bits per heavy atom. The summed E-state index contributed by atoms with van der Waals surface area (Å²) in [6, 6.07) is 6.54. The fourth-order valence-electron chi connectivity index (χ4n) is 3.39. The molecule has 1 aromatic rings. The molecule has 7 nitrogen and oxygen atoms in total. The molecule has 2 fully saturated rings. The molecule has 1 heterocycles. The van der Waals surface area contributed by atoms with Crippen LogP contribution in [0.1, 0.15) is 37.0 Å². The molecule has 27 heavy (non-hydrogen) atoms. The van der Waals surface area contributed by atoms with Crippen molar-refractivity contribution in [1.29, 1.82) is 0 Å². The number of nitrogens with zero attached hydrogens (tertiary/aromatic N) is 2. The molecule has 1 saturated carbocycles. The van der Waals surface area contributed by atoms with Gasteiger partial charge in [0.2, 0.25) is 11.8 Å². The van der Waals surface area contributed by atoms with Gasteiger partial charge < -0.3 is 19.9 Å². The molecule has 1 N–H and O–H groups in total. The van der Waals surface area contributed by atoms with Crippen molar-refractivity contribution in [3.8, 4) is 0 Å². The molecule has 1 aromatic carbocycles. The fraction of sp³-hybridized carbons (Fsp3) is 0.550. The van der Waals surface area contributed by atoms with Gasteiger partial charge in [0, 0.05) is 31.9 Å². The predicted molar refractivity (Wildman–Crippen MR) is 101 cm³/mol. The minimum atomic E-state index is -0.922. The number of hydrogen-bond acceptors (Lipinski definition) is 5. The Kier molecular flexibility index (Phi) is 5.79. The number of amides is 2. The number of benzene rings is 1. The van der Waals surface area contributed by atoms with Gasteiger partial charge in [0.15, 0.2) is 0 Å². The van der Waals surface area contributed by atoms with Crippen molar-refractivity contribution in [2.75, 3.05) is 44.6 Å². The first-order valence-electron chi connectivity index (χ1n) is 9.60. The molecular formula is C20H27N3O4. The first-order valence-corrected chi connectivity index (χ1v) is 9.60. The molecule has 0 atom stereocenters. The minimum Gasteiger partial charge on any atom is -0.462 e. The Balaban J connectivity index is 1.60. The van der Waals surface area contributed by atoms with E-state index in [4.69, 9.17) is 4.74 Å². The van der Waals surface area contributed by atoms with Crippen molar-refractivity contribution >= 4 is 23.5 Å². The average molecular weight is 373 g/mol. The van der Waals surface area contributed by atoms with Crippen molar-refractivity contribution < 1.29 is 19.1 Å². The number of anilines is 1. The number of likely N-dealkylation sites (N-methyl/N-ethyl adjacent to an activating group) is 1. The Labute approximate surface area is 159 Å². The Bertz CT molecular complexity index is 704. The summed E-state index contributed by atoms with van der Waals surface area (Å²) >= 11 is 0. The number of piperazine rings is 1. The number of ether oxygens (including phenoxy) is 1. The second-order valence-corrected chi connectivity index (χ2v) is 7.06. The van der Waals surface area contributed by atoms with Gasteiger partial charge in [-0.1, -0.05) is 6.92 Å². The summed E-state index contributed by atoms with van der Waals surface area (Å²) in [6.45, 7) is 8.22. The fourth-order valence-corrected chi connectivity index (χ4v) is 3.39. The zero-order chi connectivity index (χ0) is 19.4. The van der Waals surface area contributed by atoms with Crippen molar-refractivity contribution in [3.05, 3.63) is 29.8 Å². The lowest BCUT2D eigenvalue weighted by molar-refractivity contribution is -0.143. The lowest BCUT2D eigenvalue weighted by Gasteiger charge is -2.35. The Hall–Kier alpha value is -2.41. The zero-order valence-corrected chi connectivity index (χ0v) is 16.0. The summed E-state index contributed by atoms with van der Waals surface area (Å²) in [5.41, 5.74) is 0.0811. The number of hydrogen-bond donors (Lipinski definition) is 1. The standard InChI is InChI=1S/C20H27N3O4/c1-3-22-11-13-23(14-12-22)19(26)20(9-10-20)18(25)21-16-7-5-15(6-8-16)17(24)27-4-2/h5-8H,3-4,9-14H2,1-2H3,(H,21,25). The lowest BCUT2D eigenvalue weighted by atomic mass is 10.0. The van der Waals surface area contributed by atoms with Crippen molar-refractivity contribution in [2.45, 2.75) is 26.7 Å². The van der Waals surface area contributed by atoms with E-state index in [1.54, 1.807) is 31.2 Å². The molecule has 1 saturated heterocycles. The van der Waals surface area contributed by atoms with E-state index in [1.165, 1.54) is 0 Å².